The minimum Gasteiger partial charge on any atom is -0.353 e. The van der Waals surface area contributed by atoms with Gasteiger partial charge in [-0.1, -0.05) is 13.3 Å². The van der Waals surface area contributed by atoms with Crippen LogP contribution >= 0.6 is 0 Å². The van der Waals surface area contributed by atoms with E-state index in [4.69, 9.17) is 0 Å². The Bertz CT molecular complexity index is 287. The van der Waals surface area contributed by atoms with Crippen LogP contribution in [-0.2, 0) is 4.79 Å². The van der Waals surface area contributed by atoms with E-state index < -0.39 is 0 Å². The molecule has 0 spiro atoms. The van der Waals surface area contributed by atoms with Crippen molar-refractivity contribution < 1.29 is 4.79 Å². The van der Waals surface area contributed by atoms with Gasteiger partial charge in [0.1, 0.15) is 0 Å². The molecule has 0 aromatic carbocycles. The van der Waals surface area contributed by atoms with Crippen LogP contribution in [0.15, 0.2) is 0 Å². The van der Waals surface area contributed by atoms with Gasteiger partial charge < -0.3 is 5.32 Å². The highest BCUT2D eigenvalue weighted by molar-refractivity contribution is 5.75. The molecule has 1 aliphatic carbocycles. The lowest BCUT2D eigenvalue weighted by Gasteiger charge is -2.49. The molecule has 17 heavy (non-hydrogen) atoms. The normalized spacial score (nSPS) is 37.8. The summed E-state index contributed by atoms with van der Waals surface area (Å²) in [5.74, 6) is 0.230. The van der Waals surface area contributed by atoms with Crippen molar-refractivity contribution in [2.75, 3.05) is 0 Å². The molecule has 2 aliphatic heterocycles. The molecule has 1 amide bonds. The van der Waals surface area contributed by atoms with Crippen molar-refractivity contribution in [3.05, 3.63) is 0 Å². The fourth-order valence-electron chi connectivity index (χ4n) is 3.83. The van der Waals surface area contributed by atoms with E-state index in [-0.39, 0.29) is 5.91 Å². The molecule has 2 bridgehead atoms. The second kappa shape index (κ2) is 4.60. The Morgan fingerprint density at radius 2 is 1.76 bits per heavy atom. The molecule has 3 nitrogen and oxygen atoms in total. The van der Waals surface area contributed by atoms with E-state index in [1.807, 2.05) is 6.92 Å². The average molecular weight is 236 g/mol. The van der Waals surface area contributed by atoms with Gasteiger partial charge in [0.25, 0.3) is 0 Å². The fourth-order valence-corrected chi connectivity index (χ4v) is 3.83. The maximum atomic E-state index is 11.5. The first-order valence-electron chi connectivity index (χ1n) is 7.34. The summed E-state index contributed by atoms with van der Waals surface area (Å²) in [6, 6.07) is 2.87. The first kappa shape index (κ1) is 11.5. The van der Waals surface area contributed by atoms with Gasteiger partial charge in [-0.2, -0.15) is 0 Å². The van der Waals surface area contributed by atoms with E-state index >= 15 is 0 Å². The number of amides is 1. The van der Waals surface area contributed by atoms with E-state index in [0.717, 1.165) is 18.1 Å². The van der Waals surface area contributed by atoms with E-state index in [1.54, 1.807) is 0 Å². The first-order chi connectivity index (χ1) is 8.28. The zero-order chi connectivity index (χ0) is 11.8. The van der Waals surface area contributed by atoms with Crippen molar-refractivity contribution in [2.45, 2.75) is 82.5 Å². The zero-order valence-corrected chi connectivity index (χ0v) is 10.8. The van der Waals surface area contributed by atoms with Crippen LogP contribution in [0.2, 0.25) is 0 Å². The largest absolute Gasteiger partial charge is 0.353 e. The molecule has 96 valence electrons. The minimum atomic E-state index is 0.230. The molecule has 3 heteroatoms. The van der Waals surface area contributed by atoms with E-state index in [1.165, 1.54) is 44.9 Å². The number of carbonyl (C=O) groups is 1. The van der Waals surface area contributed by atoms with Crippen molar-refractivity contribution in [1.29, 1.82) is 0 Å². The number of fused-ring (bicyclic) bond motifs is 2. The van der Waals surface area contributed by atoms with Gasteiger partial charge in [0.15, 0.2) is 0 Å². The summed E-state index contributed by atoms with van der Waals surface area (Å²) >= 11 is 0. The molecular formula is C14H24N2O. The van der Waals surface area contributed by atoms with E-state index in [9.17, 15) is 4.79 Å². The van der Waals surface area contributed by atoms with Gasteiger partial charge in [-0.25, -0.2) is 0 Å². The van der Waals surface area contributed by atoms with Crippen LogP contribution in [0.4, 0.5) is 0 Å². The standard InChI is InChI=1S/C14H24N2O/c1-2-14(17)15-10-8-12-4-3-5-13(9-10)16(12)11-6-7-11/h10-13H,2-9H2,1H3,(H,15,17). The Hall–Kier alpha value is -0.570. The van der Waals surface area contributed by atoms with Crippen LogP contribution in [0.3, 0.4) is 0 Å². The Kier molecular flexibility index (Phi) is 3.12. The lowest BCUT2D eigenvalue weighted by Crippen LogP contribution is -2.57. The number of rotatable bonds is 3. The number of nitrogens with zero attached hydrogens (tertiary/aromatic N) is 1. The molecule has 0 aromatic rings. The van der Waals surface area contributed by atoms with Crippen LogP contribution in [0.25, 0.3) is 0 Å². The van der Waals surface area contributed by atoms with Crippen molar-refractivity contribution >= 4 is 5.91 Å². The summed E-state index contributed by atoms with van der Waals surface area (Å²) in [6.07, 6.45) is 9.94. The Morgan fingerprint density at radius 3 is 2.29 bits per heavy atom. The third-order valence-electron chi connectivity index (χ3n) is 4.69. The van der Waals surface area contributed by atoms with Gasteiger partial charge >= 0.3 is 0 Å². The summed E-state index contributed by atoms with van der Waals surface area (Å²) < 4.78 is 0. The number of nitrogens with one attached hydrogen (secondary N) is 1. The van der Waals surface area contributed by atoms with Crippen LogP contribution in [0.5, 0.6) is 0 Å². The van der Waals surface area contributed by atoms with Crippen molar-refractivity contribution in [3.63, 3.8) is 0 Å². The first-order valence-corrected chi connectivity index (χ1v) is 7.34. The molecule has 1 N–H and O–H groups in total. The second-order valence-electron chi connectivity index (χ2n) is 6.01. The van der Waals surface area contributed by atoms with Gasteiger partial charge in [0.05, 0.1) is 0 Å². The molecule has 3 aliphatic rings. The molecule has 3 rings (SSSR count). The smallest absolute Gasteiger partial charge is 0.219 e. The zero-order valence-electron chi connectivity index (χ0n) is 10.8. The van der Waals surface area contributed by atoms with Crippen molar-refractivity contribution in [2.24, 2.45) is 0 Å². The minimum absolute atomic E-state index is 0.230. The van der Waals surface area contributed by atoms with Gasteiger partial charge in [-0.05, 0) is 38.5 Å². The lowest BCUT2D eigenvalue weighted by molar-refractivity contribution is -0.122. The predicted octanol–water partition coefficient (Wildman–Crippen LogP) is 2.06. The highest BCUT2D eigenvalue weighted by Crippen LogP contribution is 2.41. The van der Waals surface area contributed by atoms with Gasteiger partial charge in [-0.15, -0.1) is 0 Å². The molecular weight excluding hydrogens is 212 g/mol. The van der Waals surface area contributed by atoms with Crippen LogP contribution < -0.4 is 5.32 Å². The molecule has 1 saturated carbocycles. The molecule has 0 aromatic heterocycles. The Balaban J connectivity index is 1.64. The highest BCUT2D eigenvalue weighted by Gasteiger charge is 2.44. The average Bonchev–Trinajstić information content (AvgIpc) is 3.11. The fraction of sp³-hybridized carbons (Fsp3) is 0.929. The number of carbonyl (C=O) groups excluding carboxylic acids is 1. The van der Waals surface area contributed by atoms with Crippen molar-refractivity contribution in [3.8, 4) is 0 Å². The SMILES string of the molecule is CCC(=O)NC1CC2CCCC(C1)N2C1CC1. The number of hydrogen-bond donors (Lipinski definition) is 1. The number of piperidine rings is 2. The third kappa shape index (κ3) is 2.35. The summed E-state index contributed by atoms with van der Waals surface area (Å²) in [6.45, 7) is 1.94. The summed E-state index contributed by atoms with van der Waals surface area (Å²) in [7, 11) is 0. The van der Waals surface area contributed by atoms with Gasteiger partial charge in [0.2, 0.25) is 5.91 Å². The molecule has 2 unspecified atom stereocenters. The molecule has 2 saturated heterocycles. The number of hydrogen-bond acceptors (Lipinski definition) is 2. The molecule has 0 radical (unpaired) electrons. The second-order valence-corrected chi connectivity index (χ2v) is 6.01. The monoisotopic (exact) mass is 236 g/mol. The highest BCUT2D eigenvalue weighted by atomic mass is 16.1. The van der Waals surface area contributed by atoms with Crippen LogP contribution in [0, 0.1) is 0 Å². The van der Waals surface area contributed by atoms with E-state index in [0.29, 0.717) is 12.5 Å². The van der Waals surface area contributed by atoms with Gasteiger partial charge in [-0.3, -0.25) is 9.69 Å². The van der Waals surface area contributed by atoms with Crippen molar-refractivity contribution in [1.82, 2.24) is 10.2 Å². The summed E-state index contributed by atoms with van der Waals surface area (Å²) in [5, 5.41) is 3.21. The Morgan fingerprint density at radius 1 is 1.12 bits per heavy atom. The Labute approximate surface area is 104 Å². The lowest BCUT2D eigenvalue weighted by atomic mass is 9.81. The summed E-state index contributed by atoms with van der Waals surface area (Å²) in [5.41, 5.74) is 0. The molecule has 2 atom stereocenters. The third-order valence-corrected chi connectivity index (χ3v) is 4.69. The maximum absolute atomic E-state index is 11.5. The predicted molar refractivity (Wildman–Crippen MR) is 67.7 cm³/mol. The van der Waals surface area contributed by atoms with Crippen LogP contribution in [0.1, 0.15) is 58.3 Å². The van der Waals surface area contributed by atoms with Gasteiger partial charge in [0, 0.05) is 30.6 Å². The molecule has 2 heterocycles. The molecule has 3 fully saturated rings. The quantitative estimate of drug-likeness (QED) is 0.813. The summed E-state index contributed by atoms with van der Waals surface area (Å²) in [4.78, 5) is 14.3. The van der Waals surface area contributed by atoms with E-state index in [2.05, 4.69) is 10.2 Å². The maximum Gasteiger partial charge on any atom is 0.219 e. The van der Waals surface area contributed by atoms with Crippen LogP contribution in [-0.4, -0.2) is 35.0 Å². The topological polar surface area (TPSA) is 32.3 Å².